The van der Waals surface area contributed by atoms with Crippen molar-refractivity contribution >= 4 is 12.6 Å². The Morgan fingerprint density at radius 1 is 1.05 bits per heavy atom. The Bertz CT molecular complexity index is 493. The van der Waals surface area contributed by atoms with Crippen LogP contribution in [-0.4, -0.2) is 38.1 Å². The largest absolute Gasteiger partial charge is 0.494 e. The van der Waals surface area contributed by atoms with Gasteiger partial charge >= 0.3 is 7.12 Å². The molecule has 3 rings (SSSR count). The van der Waals surface area contributed by atoms with Crippen LogP contribution in [0.2, 0.25) is 0 Å². The Labute approximate surface area is 126 Å². The average Bonchev–Trinajstić information content (AvgIpc) is 2.69. The molecule has 5 heteroatoms. The molecule has 1 atom stereocenters. The lowest BCUT2D eigenvalue weighted by Gasteiger charge is -2.32. The lowest BCUT2D eigenvalue weighted by molar-refractivity contribution is -0.0901. The molecule has 2 aliphatic heterocycles. The molecule has 0 N–H and O–H groups in total. The van der Waals surface area contributed by atoms with E-state index in [1.807, 2.05) is 12.1 Å². The first-order valence-corrected chi connectivity index (χ1v) is 7.54. The van der Waals surface area contributed by atoms with E-state index in [4.69, 9.17) is 18.8 Å². The Kier molecular flexibility index (Phi) is 3.86. The molecular formula is C16H23BO4. The summed E-state index contributed by atoms with van der Waals surface area (Å²) in [5, 5.41) is 0. The van der Waals surface area contributed by atoms with Crippen LogP contribution in [0.4, 0.5) is 0 Å². The molecule has 2 fully saturated rings. The third-order valence-electron chi connectivity index (χ3n) is 4.62. The molecule has 2 heterocycles. The van der Waals surface area contributed by atoms with Crippen LogP contribution in [0.1, 0.15) is 39.4 Å². The van der Waals surface area contributed by atoms with Gasteiger partial charge in [0.15, 0.2) is 0 Å². The van der Waals surface area contributed by atoms with E-state index in [-0.39, 0.29) is 24.4 Å². The molecule has 2 saturated heterocycles. The van der Waals surface area contributed by atoms with E-state index in [0.717, 1.165) is 11.0 Å². The van der Waals surface area contributed by atoms with Gasteiger partial charge in [0, 0.05) is 0 Å². The lowest BCUT2D eigenvalue weighted by Crippen LogP contribution is -2.41. The standard InChI is InChI=1S/C16H23BO4/c1-15(2)16(3,4)21-17(20-15)13-7-5-6-12(10-13)14-11-18-8-9-19-14/h5-7,10,14H,8-9,11H2,1-4H3/t14-/m1/s1. The lowest BCUT2D eigenvalue weighted by atomic mass is 9.78. The molecule has 0 amide bonds. The minimum absolute atomic E-state index is 0.00104. The molecule has 0 unspecified atom stereocenters. The van der Waals surface area contributed by atoms with Gasteiger partial charge in [-0.25, -0.2) is 0 Å². The number of benzene rings is 1. The monoisotopic (exact) mass is 290 g/mol. The zero-order chi connectivity index (χ0) is 15.1. The summed E-state index contributed by atoms with van der Waals surface area (Å²) in [7, 11) is -0.334. The van der Waals surface area contributed by atoms with Crippen LogP contribution in [0, 0.1) is 0 Å². The van der Waals surface area contributed by atoms with Crippen LogP contribution in [0.15, 0.2) is 24.3 Å². The molecule has 21 heavy (non-hydrogen) atoms. The first-order valence-electron chi connectivity index (χ1n) is 7.54. The third-order valence-corrected chi connectivity index (χ3v) is 4.62. The Hall–Kier alpha value is -0.875. The molecule has 4 nitrogen and oxygen atoms in total. The summed E-state index contributed by atoms with van der Waals surface area (Å²) in [5.41, 5.74) is 1.50. The molecular weight excluding hydrogens is 267 g/mol. The molecule has 0 aliphatic carbocycles. The van der Waals surface area contributed by atoms with Gasteiger partial charge in [-0.1, -0.05) is 24.3 Å². The van der Waals surface area contributed by atoms with E-state index in [1.165, 1.54) is 0 Å². The summed E-state index contributed by atoms with van der Waals surface area (Å²) in [6.07, 6.45) is 0.00104. The first-order chi connectivity index (χ1) is 9.89. The van der Waals surface area contributed by atoms with E-state index in [1.54, 1.807) is 0 Å². The Morgan fingerprint density at radius 3 is 2.38 bits per heavy atom. The van der Waals surface area contributed by atoms with Gasteiger partial charge in [-0.3, -0.25) is 0 Å². The van der Waals surface area contributed by atoms with Gasteiger partial charge in [0.25, 0.3) is 0 Å². The van der Waals surface area contributed by atoms with Gasteiger partial charge in [0.2, 0.25) is 0 Å². The van der Waals surface area contributed by atoms with E-state index in [2.05, 4.69) is 39.8 Å². The van der Waals surface area contributed by atoms with E-state index >= 15 is 0 Å². The van der Waals surface area contributed by atoms with Crippen molar-refractivity contribution < 1.29 is 18.8 Å². The van der Waals surface area contributed by atoms with Crippen LogP contribution in [0.3, 0.4) is 0 Å². The van der Waals surface area contributed by atoms with E-state index in [9.17, 15) is 0 Å². The zero-order valence-electron chi connectivity index (χ0n) is 13.2. The highest BCUT2D eigenvalue weighted by Gasteiger charge is 2.51. The topological polar surface area (TPSA) is 36.9 Å². The SMILES string of the molecule is CC1(C)OB(c2cccc([C@H]3COCCO3)c2)OC1(C)C. The maximum atomic E-state index is 6.10. The average molecular weight is 290 g/mol. The molecule has 1 aromatic carbocycles. The predicted molar refractivity (Wildman–Crippen MR) is 81.7 cm³/mol. The minimum Gasteiger partial charge on any atom is -0.399 e. The highest BCUT2D eigenvalue weighted by atomic mass is 16.7. The fraction of sp³-hybridized carbons (Fsp3) is 0.625. The molecule has 1 aromatic rings. The predicted octanol–water partition coefficient (Wildman–Crippen LogP) is 2.07. The van der Waals surface area contributed by atoms with E-state index < -0.39 is 0 Å². The summed E-state index contributed by atoms with van der Waals surface area (Å²) >= 11 is 0. The second-order valence-electron chi connectivity index (χ2n) is 6.69. The van der Waals surface area contributed by atoms with Crippen molar-refractivity contribution in [2.24, 2.45) is 0 Å². The van der Waals surface area contributed by atoms with Crippen molar-refractivity contribution in [1.29, 1.82) is 0 Å². The second kappa shape index (κ2) is 5.40. The molecule has 0 radical (unpaired) electrons. The molecule has 0 saturated carbocycles. The fourth-order valence-electron chi connectivity index (χ4n) is 2.57. The normalized spacial score (nSPS) is 27.8. The number of hydrogen-bond acceptors (Lipinski definition) is 4. The van der Waals surface area contributed by atoms with Crippen molar-refractivity contribution in [2.45, 2.75) is 45.0 Å². The highest BCUT2D eigenvalue weighted by Crippen LogP contribution is 2.36. The number of hydrogen-bond donors (Lipinski definition) is 0. The van der Waals surface area contributed by atoms with Crippen LogP contribution in [0.25, 0.3) is 0 Å². The first kappa shape index (κ1) is 15.0. The minimum atomic E-state index is -0.334. The highest BCUT2D eigenvalue weighted by molar-refractivity contribution is 6.62. The van der Waals surface area contributed by atoms with Gasteiger partial charge in [-0.2, -0.15) is 0 Å². The smallest absolute Gasteiger partial charge is 0.399 e. The van der Waals surface area contributed by atoms with Gasteiger partial charge in [0.05, 0.1) is 31.0 Å². The molecule has 0 aromatic heterocycles. The van der Waals surface area contributed by atoms with Gasteiger partial charge in [-0.05, 0) is 38.7 Å². The van der Waals surface area contributed by atoms with Crippen LogP contribution >= 0.6 is 0 Å². The molecule has 2 aliphatic rings. The fourth-order valence-corrected chi connectivity index (χ4v) is 2.57. The van der Waals surface area contributed by atoms with Gasteiger partial charge < -0.3 is 18.8 Å². The molecule has 114 valence electrons. The summed E-state index contributed by atoms with van der Waals surface area (Å²) in [6, 6.07) is 8.22. The van der Waals surface area contributed by atoms with E-state index in [0.29, 0.717) is 19.8 Å². The Balaban J connectivity index is 1.81. The third kappa shape index (κ3) is 2.88. The van der Waals surface area contributed by atoms with Crippen molar-refractivity contribution in [3.63, 3.8) is 0 Å². The summed E-state index contributed by atoms with van der Waals surface area (Å²) in [4.78, 5) is 0. The van der Waals surface area contributed by atoms with Crippen molar-refractivity contribution in [3.8, 4) is 0 Å². The van der Waals surface area contributed by atoms with Crippen molar-refractivity contribution in [1.82, 2.24) is 0 Å². The van der Waals surface area contributed by atoms with Gasteiger partial charge in [-0.15, -0.1) is 0 Å². The van der Waals surface area contributed by atoms with Crippen LogP contribution < -0.4 is 5.46 Å². The number of rotatable bonds is 2. The van der Waals surface area contributed by atoms with Crippen molar-refractivity contribution in [3.05, 3.63) is 29.8 Å². The van der Waals surface area contributed by atoms with Gasteiger partial charge in [0.1, 0.15) is 6.10 Å². The van der Waals surface area contributed by atoms with Crippen LogP contribution in [0.5, 0.6) is 0 Å². The molecule has 0 bridgehead atoms. The zero-order valence-corrected chi connectivity index (χ0v) is 13.2. The second-order valence-corrected chi connectivity index (χ2v) is 6.69. The Morgan fingerprint density at radius 2 is 1.76 bits per heavy atom. The summed E-state index contributed by atoms with van der Waals surface area (Å²) < 4.78 is 23.4. The molecule has 0 spiro atoms. The summed E-state index contributed by atoms with van der Waals surface area (Å²) in [5.74, 6) is 0. The summed E-state index contributed by atoms with van der Waals surface area (Å²) in [6.45, 7) is 10.2. The maximum absolute atomic E-state index is 6.10. The van der Waals surface area contributed by atoms with Crippen LogP contribution in [-0.2, 0) is 18.8 Å². The number of ether oxygens (including phenoxy) is 2. The quantitative estimate of drug-likeness (QED) is 0.781. The van der Waals surface area contributed by atoms with Crippen molar-refractivity contribution in [2.75, 3.05) is 19.8 Å². The maximum Gasteiger partial charge on any atom is 0.494 e.